The summed E-state index contributed by atoms with van der Waals surface area (Å²) in [4.78, 5) is 12.5. The van der Waals surface area contributed by atoms with Crippen LogP contribution in [-0.4, -0.2) is 33.5 Å². The molecule has 1 aromatic heterocycles. The Balaban J connectivity index is 0.000000673. The number of nitrogens with zero attached hydrogens (tertiary/aromatic N) is 2. The van der Waals surface area contributed by atoms with Crippen molar-refractivity contribution in [3.8, 4) is 5.75 Å². The first-order valence-electron chi connectivity index (χ1n) is 4.27. The lowest BCUT2D eigenvalue weighted by molar-refractivity contribution is -0.671. The molecule has 1 heterocycles. The number of hydrogen-bond donors (Lipinski definition) is 0. The molecule has 0 atom stereocenters. The van der Waals surface area contributed by atoms with E-state index in [1.807, 2.05) is 23.9 Å². The molecule has 0 unspecified atom stereocenters. The molecule has 0 N–H and O–H groups in total. The Bertz CT molecular complexity index is 389. The van der Waals surface area contributed by atoms with Crippen LogP contribution in [0.1, 0.15) is 0 Å². The molecule has 16 heavy (non-hydrogen) atoms. The summed E-state index contributed by atoms with van der Waals surface area (Å²) in [5, 5.41) is 0. The number of pyridine rings is 1. The molecule has 0 aliphatic carbocycles. The minimum absolute atomic E-state index is 0.369. The van der Waals surface area contributed by atoms with Crippen LogP contribution in [0.5, 0.6) is 5.75 Å². The fourth-order valence-corrected chi connectivity index (χ4v) is 0.813. The van der Waals surface area contributed by atoms with Crippen LogP contribution in [0.2, 0.25) is 0 Å². The summed E-state index contributed by atoms with van der Waals surface area (Å²) >= 11 is -0.750. The largest absolute Gasteiger partial charge is 0.414 e. The van der Waals surface area contributed by atoms with Gasteiger partial charge in [0, 0.05) is 20.2 Å². The molecule has 0 radical (unpaired) electrons. The van der Waals surface area contributed by atoms with E-state index in [-0.39, 0.29) is 6.09 Å². The number of carbonyl (C=O) groups is 1. The van der Waals surface area contributed by atoms with Crippen molar-refractivity contribution in [3.63, 3.8) is 0 Å². The first-order valence-corrected chi connectivity index (χ1v) is 4.94. The fraction of sp³-hybridized carbons (Fsp3) is 0.333. The van der Waals surface area contributed by atoms with Crippen molar-refractivity contribution >= 4 is 17.7 Å². The van der Waals surface area contributed by atoms with Crippen molar-refractivity contribution in [2.24, 2.45) is 7.05 Å². The second-order valence-corrected chi connectivity index (χ2v) is 3.17. The predicted octanol–water partition coefficient (Wildman–Crippen LogP) is -0.0987. The van der Waals surface area contributed by atoms with E-state index in [4.69, 9.17) is 13.2 Å². The Morgan fingerprint density at radius 2 is 2.00 bits per heavy atom. The van der Waals surface area contributed by atoms with Gasteiger partial charge in [0.05, 0.1) is 0 Å². The number of aryl methyl sites for hydroxylation is 1. The molecule has 1 rings (SSSR count). The molecule has 6 nitrogen and oxygen atoms in total. The van der Waals surface area contributed by atoms with Gasteiger partial charge in [0.1, 0.15) is 7.05 Å². The van der Waals surface area contributed by atoms with Crippen LogP contribution in [0.25, 0.3) is 0 Å². The molecule has 0 bridgehead atoms. The zero-order valence-corrected chi connectivity index (χ0v) is 10.1. The van der Waals surface area contributed by atoms with Crippen LogP contribution >= 0.6 is 0 Å². The summed E-state index contributed by atoms with van der Waals surface area (Å²) in [5.41, 5.74) is 0. The molecule has 0 saturated heterocycles. The Morgan fingerprint density at radius 3 is 2.44 bits per heavy atom. The van der Waals surface area contributed by atoms with Gasteiger partial charge in [-0.15, -0.1) is 0 Å². The molecular weight excluding hydrogens is 232 g/mol. The van der Waals surface area contributed by atoms with Crippen molar-refractivity contribution < 1.29 is 22.5 Å². The molecule has 0 fully saturated rings. The molecule has 0 spiro atoms. The zero-order chi connectivity index (χ0) is 12.6. The number of carbonyl (C=O) groups excluding carboxylic acids is 1. The highest BCUT2D eigenvalue weighted by Crippen LogP contribution is 2.05. The number of ether oxygens (including phenoxy) is 1. The van der Waals surface area contributed by atoms with Crippen LogP contribution in [0.4, 0.5) is 4.79 Å². The van der Waals surface area contributed by atoms with Gasteiger partial charge in [0.15, 0.2) is 11.9 Å². The van der Waals surface area contributed by atoms with Crippen LogP contribution in [0.3, 0.4) is 0 Å². The Kier molecular flexibility index (Phi) is 6.69. The third kappa shape index (κ3) is 5.86. The topological polar surface area (TPSA) is 67.6 Å². The lowest BCUT2D eigenvalue weighted by atomic mass is 10.4. The predicted molar refractivity (Wildman–Crippen MR) is 56.2 cm³/mol. The van der Waals surface area contributed by atoms with Gasteiger partial charge in [-0.1, -0.05) is 0 Å². The molecule has 1 amide bonds. The number of rotatable bonds is 1. The molecular formula is C9H13N2O4S+. The standard InChI is InChI=1S/C9H13N2O2.O2S/c1-10(2)9(12)13-8-5-4-6-11(3)7-8;1-3-2/h4-7H,1-3H3;/q+1;. The maximum absolute atomic E-state index is 11.1. The number of aromatic nitrogens is 1. The fourth-order valence-electron chi connectivity index (χ4n) is 0.813. The van der Waals surface area contributed by atoms with E-state index >= 15 is 0 Å². The molecule has 0 saturated carbocycles. The van der Waals surface area contributed by atoms with E-state index in [1.165, 1.54) is 4.90 Å². The van der Waals surface area contributed by atoms with Gasteiger partial charge in [-0.3, -0.25) is 0 Å². The zero-order valence-electron chi connectivity index (χ0n) is 9.25. The highest BCUT2D eigenvalue weighted by atomic mass is 32.1. The summed E-state index contributed by atoms with van der Waals surface area (Å²) in [5.74, 6) is 0.545. The van der Waals surface area contributed by atoms with Crippen LogP contribution in [-0.2, 0) is 18.6 Å². The average molecular weight is 245 g/mol. The molecule has 1 aromatic rings. The van der Waals surface area contributed by atoms with Gasteiger partial charge in [-0.05, 0) is 6.07 Å². The van der Waals surface area contributed by atoms with E-state index < -0.39 is 11.6 Å². The Morgan fingerprint density at radius 1 is 1.44 bits per heavy atom. The van der Waals surface area contributed by atoms with E-state index in [0.29, 0.717) is 5.75 Å². The van der Waals surface area contributed by atoms with Gasteiger partial charge in [0.25, 0.3) is 0 Å². The number of amides is 1. The lowest BCUT2D eigenvalue weighted by Gasteiger charge is -2.09. The van der Waals surface area contributed by atoms with Gasteiger partial charge in [-0.2, -0.15) is 8.42 Å². The minimum Gasteiger partial charge on any atom is -0.404 e. The summed E-state index contributed by atoms with van der Waals surface area (Å²) in [6, 6.07) is 3.56. The van der Waals surface area contributed by atoms with Crippen LogP contribution < -0.4 is 9.30 Å². The monoisotopic (exact) mass is 245 g/mol. The maximum Gasteiger partial charge on any atom is 0.414 e. The van der Waals surface area contributed by atoms with Crippen LogP contribution in [0, 0.1) is 0 Å². The quantitative estimate of drug-likeness (QED) is 0.648. The van der Waals surface area contributed by atoms with Crippen LogP contribution in [0.15, 0.2) is 24.5 Å². The highest BCUT2D eigenvalue weighted by Gasteiger charge is 2.08. The van der Waals surface area contributed by atoms with E-state index in [1.54, 1.807) is 26.4 Å². The van der Waals surface area contributed by atoms with Crippen molar-refractivity contribution in [3.05, 3.63) is 24.5 Å². The first kappa shape index (κ1) is 14.2. The second kappa shape index (κ2) is 7.52. The molecule has 7 heteroatoms. The second-order valence-electron chi connectivity index (χ2n) is 3.04. The normalized spacial score (nSPS) is 8.44. The van der Waals surface area contributed by atoms with Gasteiger partial charge < -0.3 is 9.64 Å². The SMILES string of the molecule is CN(C)C(=O)Oc1ccc[n+](C)c1.O=S=O. The van der Waals surface area contributed by atoms with Gasteiger partial charge in [-0.25, -0.2) is 9.36 Å². The highest BCUT2D eigenvalue weighted by molar-refractivity contribution is 7.51. The number of hydrogen-bond acceptors (Lipinski definition) is 4. The smallest absolute Gasteiger partial charge is 0.404 e. The summed E-state index contributed by atoms with van der Waals surface area (Å²) in [6.07, 6.45) is 3.24. The minimum atomic E-state index is -0.750. The van der Waals surface area contributed by atoms with E-state index in [9.17, 15) is 4.79 Å². The summed E-state index contributed by atoms with van der Waals surface area (Å²) in [6.45, 7) is 0. The lowest BCUT2D eigenvalue weighted by Crippen LogP contribution is -2.29. The Hall–Kier alpha value is -1.76. The molecule has 0 aliphatic rings. The van der Waals surface area contributed by atoms with Gasteiger partial charge in [0.2, 0.25) is 6.20 Å². The van der Waals surface area contributed by atoms with Crippen molar-refractivity contribution in [2.45, 2.75) is 0 Å². The molecule has 0 aromatic carbocycles. The van der Waals surface area contributed by atoms with E-state index in [2.05, 4.69) is 0 Å². The third-order valence-electron chi connectivity index (χ3n) is 1.48. The Labute approximate surface area is 97.1 Å². The van der Waals surface area contributed by atoms with Crippen molar-refractivity contribution in [1.82, 2.24) is 4.90 Å². The third-order valence-corrected chi connectivity index (χ3v) is 1.48. The average Bonchev–Trinajstić information content (AvgIpc) is 2.18. The van der Waals surface area contributed by atoms with Crippen molar-refractivity contribution in [1.29, 1.82) is 0 Å². The van der Waals surface area contributed by atoms with Crippen molar-refractivity contribution in [2.75, 3.05) is 14.1 Å². The summed E-state index contributed by atoms with van der Waals surface area (Å²) < 4.78 is 23.4. The maximum atomic E-state index is 11.1. The first-order chi connectivity index (χ1) is 7.51. The molecule has 0 aliphatic heterocycles. The van der Waals surface area contributed by atoms with Gasteiger partial charge >= 0.3 is 17.7 Å². The molecule has 88 valence electrons. The van der Waals surface area contributed by atoms with E-state index in [0.717, 1.165) is 0 Å². The summed E-state index contributed by atoms with van der Waals surface area (Å²) in [7, 11) is 5.16.